The minimum atomic E-state index is -0.375. The van der Waals surface area contributed by atoms with Crippen molar-refractivity contribution in [2.75, 3.05) is 18.9 Å². The lowest BCUT2D eigenvalue weighted by Gasteiger charge is -2.11. The van der Waals surface area contributed by atoms with Gasteiger partial charge in [0.1, 0.15) is 0 Å². The maximum atomic E-state index is 11.9. The van der Waals surface area contributed by atoms with Crippen molar-refractivity contribution in [3.63, 3.8) is 0 Å². The number of Topliss-reactive ketones (excluding diaryl/α,β-unsaturated/α-hetero) is 1. The number of hydrogen-bond donors (Lipinski definition) is 3. The molecule has 1 rings (SSSR count). The molecule has 0 radical (unpaired) electrons. The number of likely N-dealkylation sites (N-methyl/N-ethyl adjacent to an activating group) is 1. The van der Waals surface area contributed by atoms with Gasteiger partial charge in [-0.05, 0) is 38.1 Å². The molecule has 20 heavy (non-hydrogen) atoms. The summed E-state index contributed by atoms with van der Waals surface area (Å²) >= 11 is 0. The Morgan fingerprint density at radius 3 is 2.30 bits per heavy atom. The molecule has 0 aromatic heterocycles. The fourth-order valence-electron chi connectivity index (χ4n) is 1.54. The molecular formula is C14H20N3O3+. The Labute approximate surface area is 117 Å². The smallest absolute Gasteiger partial charge is 0.282 e. The maximum absolute atomic E-state index is 11.9. The van der Waals surface area contributed by atoms with Crippen molar-refractivity contribution in [2.45, 2.75) is 19.9 Å². The number of amides is 2. The van der Waals surface area contributed by atoms with Crippen molar-refractivity contribution in [3.05, 3.63) is 29.8 Å². The largest absolute Gasteiger partial charge is 0.354 e. The number of hydrogen-bond acceptors (Lipinski definition) is 3. The van der Waals surface area contributed by atoms with E-state index in [0.29, 0.717) is 11.3 Å². The third kappa shape index (κ3) is 4.81. The molecule has 108 valence electrons. The topological polar surface area (TPSA) is 91.9 Å². The molecule has 0 aliphatic carbocycles. The zero-order chi connectivity index (χ0) is 15.1. The molecule has 0 heterocycles. The van der Waals surface area contributed by atoms with Gasteiger partial charge in [-0.25, -0.2) is 0 Å². The zero-order valence-corrected chi connectivity index (χ0v) is 11.9. The van der Waals surface area contributed by atoms with E-state index in [-0.39, 0.29) is 30.2 Å². The summed E-state index contributed by atoms with van der Waals surface area (Å²) in [5, 5.41) is 6.88. The van der Waals surface area contributed by atoms with Gasteiger partial charge in [-0.2, -0.15) is 0 Å². The minimum Gasteiger partial charge on any atom is -0.354 e. The maximum Gasteiger partial charge on any atom is 0.282 e. The van der Waals surface area contributed by atoms with E-state index >= 15 is 0 Å². The molecular weight excluding hydrogens is 258 g/mol. The Balaban J connectivity index is 2.52. The number of ketones is 1. The third-order valence-electron chi connectivity index (χ3n) is 2.91. The van der Waals surface area contributed by atoms with Crippen LogP contribution in [0.3, 0.4) is 0 Å². The second-order valence-corrected chi connectivity index (χ2v) is 4.52. The molecule has 4 N–H and O–H groups in total. The molecule has 0 aliphatic rings. The summed E-state index contributed by atoms with van der Waals surface area (Å²) in [6, 6.07) is 6.31. The first-order chi connectivity index (χ1) is 9.43. The van der Waals surface area contributed by atoms with Gasteiger partial charge in [0, 0.05) is 18.3 Å². The van der Waals surface area contributed by atoms with Crippen LogP contribution >= 0.6 is 0 Å². The van der Waals surface area contributed by atoms with Crippen molar-refractivity contribution in [1.29, 1.82) is 0 Å². The van der Waals surface area contributed by atoms with Gasteiger partial charge in [-0.15, -0.1) is 0 Å². The van der Waals surface area contributed by atoms with Crippen molar-refractivity contribution >= 4 is 23.3 Å². The first-order valence-electron chi connectivity index (χ1n) is 6.39. The molecule has 1 atom stereocenters. The summed E-state index contributed by atoms with van der Waals surface area (Å²) in [6.07, 6.45) is 0. The van der Waals surface area contributed by atoms with Gasteiger partial charge in [-0.1, -0.05) is 0 Å². The van der Waals surface area contributed by atoms with E-state index in [1.54, 1.807) is 43.6 Å². The fraction of sp³-hybridized carbons (Fsp3) is 0.357. The molecule has 6 nitrogen and oxygen atoms in total. The van der Waals surface area contributed by atoms with Crippen molar-refractivity contribution in [1.82, 2.24) is 5.32 Å². The lowest BCUT2D eigenvalue weighted by atomic mass is 10.1. The molecule has 0 spiro atoms. The summed E-state index contributed by atoms with van der Waals surface area (Å²) in [6.45, 7) is 3.42. The van der Waals surface area contributed by atoms with E-state index < -0.39 is 0 Å². The molecule has 0 saturated carbocycles. The van der Waals surface area contributed by atoms with E-state index in [9.17, 15) is 14.4 Å². The lowest BCUT2D eigenvalue weighted by Crippen LogP contribution is -2.93. The molecule has 1 aromatic rings. The van der Waals surface area contributed by atoms with Crippen LogP contribution in [0.4, 0.5) is 5.69 Å². The second-order valence-electron chi connectivity index (χ2n) is 4.52. The number of rotatable bonds is 6. The first kappa shape index (κ1) is 15.8. The fourth-order valence-corrected chi connectivity index (χ4v) is 1.54. The lowest BCUT2D eigenvalue weighted by molar-refractivity contribution is -0.662. The number of benzene rings is 1. The quantitative estimate of drug-likeness (QED) is 0.614. The second kappa shape index (κ2) is 7.40. The molecule has 0 saturated heterocycles. The summed E-state index contributed by atoms with van der Waals surface area (Å²) in [5.41, 5.74) is 1.22. The van der Waals surface area contributed by atoms with Crippen LogP contribution in [0, 0.1) is 0 Å². The van der Waals surface area contributed by atoms with Crippen LogP contribution in [0.25, 0.3) is 0 Å². The Hall–Kier alpha value is -2.21. The van der Waals surface area contributed by atoms with Crippen LogP contribution in [0.1, 0.15) is 24.2 Å². The van der Waals surface area contributed by atoms with Gasteiger partial charge >= 0.3 is 0 Å². The number of anilines is 1. The van der Waals surface area contributed by atoms with Gasteiger partial charge in [0.15, 0.2) is 18.4 Å². The van der Waals surface area contributed by atoms with E-state index in [2.05, 4.69) is 10.6 Å². The number of carbonyl (C=O) groups excluding carboxylic acids is 3. The van der Waals surface area contributed by atoms with Gasteiger partial charge in [-0.3, -0.25) is 14.4 Å². The highest BCUT2D eigenvalue weighted by Gasteiger charge is 2.17. The predicted molar refractivity (Wildman–Crippen MR) is 75.4 cm³/mol. The SMILES string of the molecule is CNC(=O)C[NH2+][C@H](C)C(=O)Nc1ccc(C(C)=O)cc1. The molecule has 1 aromatic carbocycles. The van der Waals surface area contributed by atoms with Crippen LogP contribution in [0.2, 0.25) is 0 Å². The Morgan fingerprint density at radius 1 is 1.20 bits per heavy atom. The first-order valence-corrected chi connectivity index (χ1v) is 6.39. The summed E-state index contributed by atoms with van der Waals surface area (Å²) in [5.74, 6) is -0.338. The van der Waals surface area contributed by atoms with Crippen LogP contribution in [-0.2, 0) is 9.59 Å². The van der Waals surface area contributed by atoms with E-state index in [1.165, 1.54) is 6.92 Å². The van der Waals surface area contributed by atoms with Gasteiger partial charge in [0.25, 0.3) is 11.8 Å². The van der Waals surface area contributed by atoms with Crippen molar-refractivity contribution in [3.8, 4) is 0 Å². The Bertz CT molecular complexity index is 497. The van der Waals surface area contributed by atoms with Gasteiger partial charge in [0.05, 0.1) is 0 Å². The number of quaternary nitrogens is 1. The molecule has 6 heteroatoms. The predicted octanol–water partition coefficient (Wildman–Crippen LogP) is -0.474. The monoisotopic (exact) mass is 278 g/mol. The summed E-state index contributed by atoms with van der Waals surface area (Å²) in [7, 11) is 1.55. The normalized spacial score (nSPS) is 11.6. The van der Waals surface area contributed by atoms with Crippen LogP contribution < -0.4 is 16.0 Å². The third-order valence-corrected chi connectivity index (χ3v) is 2.91. The van der Waals surface area contributed by atoms with Gasteiger partial charge < -0.3 is 16.0 Å². The Morgan fingerprint density at radius 2 is 1.80 bits per heavy atom. The average molecular weight is 278 g/mol. The highest BCUT2D eigenvalue weighted by atomic mass is 16.2. The molecule has 0 fully saturated rings. The van der Waals surface area contributed by atoms with Crippen LogP contribution in [0.15, 0.2) is 24.3 Å². The number of nitrogens with two attached hydrogens (primary N) is 1. The molecule has 0 bridgehead atoms. The van der Waals surface area contributed by atoms with E-state index in [0.717, 1.165) is 0 Å². The van der Waals surface area contributed by atoms with E-state index in [1.807, 2.05) is 0 Å². The summed E-state index contributed by atoms with van der Waals surface area (Å²) < 4.78 is 0. The van der Waals surface area contributed by atoms with Crippen LogP contribution in [0.5, 0.6) is 0 Å². The van der Waals surface area contributed by atoms with Crippen molar-refractivity contribution < 1.29 is 19.7 Å². The average Bonchev–Trinajstić information content (AvgIpc) is 2.44. The van der Waals surface area contributed by atoms with E-state index in [4.69, 9.17) is 0 Å². The van der Waals surface area contributed by atoms with Crippen molar-refractivity contribution in [2.24, 2.45) is 0 Å². The standard InChI is InChI=1S/C14H19N3O3/c1-9(16-8-13(19)15-3)14(20)17-12-6-4-11(5-7-12)10(2)18/h4-7,9,16H,8H2,1-3H3,(H,15,19)(H,17,20)/p+1/t9-/m1/s1. The highest BCUT2D eigenvalue weighted by molar-refractivity contribution is 5.96. The summed E-state index contributed by atoms with van der Waals surface area (Å²) in [4.78, 5) is 34.1. The highest BCUT2D eigenvalue weighted by Crippen LogP contribution is 2.09. The van der Waals surface area contributed by atoms with Crippen LogP contribution in [-0.4, -0.2) is 37.2 Å². The molecule has 0 aliphatic heterocycles. The van der Waals surface area contributed by atoms with Gasteiger partial charge in [0.2, 0.25) is 0 Å². The number of nitrogens with one attached hydrogen (secondary N) is 2. The molecule has 2 amide bonds. The number of carbonyl (C=O) groups is 3. The molecule has 0 unspecified atom stereocenters. The minimum absolute atomic E-state index is 0.0184. The zero-order valence-electron chi connectivity index (χ0n) is 11.9. The Kier molecular flexibility index (Phi) is 5.86.